The summed E-state index contributed by atoms with van der Waals surface area (Å²) in [6, 6.07) is 5.48. The van der Waals surface area contributed by atoms with Crippen LogP contribution in [0.2, 0.25) is 0 Å². The van der Waals surface area contributed by atoms with Gasteiger partial charge >= 0.3 is 63.3 Å². The van der Waals surface area contributed by atoms with E-state index in [9.17, 15) is 9.59 Å². The van der Waals surface area contributed by atoms with E-state index in [1.165, 1.54) is 24.3 Å². The molecule has 0 bridgehead atoms. The fourth-order valence-corrected chi connectivity index (χ4v) is 0.856. The Kier molecular flexibility index (Phi) is 9.07. The number of benzene rings is 1. The largest absolute Gasteiger partial charge is 1.00 e. The van der Waals surface area contributed by atoms with Crippen LogP contribution in [0.1, 0.15) is 22.1 Å². The standard InChI is InChI=1S/C8H6O4.K.Se.H/c9-7(10)5-3-1-2-4-6(5)8(11)12;;;/h1-4H,(H,9,10)(H,11,12);;;/q;+1;;-1. The molecule has 0 atom stereocenters. The second kappa shape index (κ2) is 7.59. The molecule has 0 aliphatic heterocycles. The molecule has 6 heteroatoms. The molecule has 0 fully saturated rings. The SMILES string of the molecule is O=C(O)c1ccccc1C(=O)O.[H-].[K+].[Se]. The molecule has 1 rings (SSSR count). The maximum absolute atomic E-state index is 10.5. The second-order valence-corrected chi connectivity index (χ2v) is 2.16. The summed E-state index contributed by atoms with van der Waals surface area (Å²) in [5.74, 6) is -2.46. The first kappa shape index (κ1) is 16.7. The molecule has 2 N–H and O–H groups in total. The molecule has 0 amide bonds. The van der Waals surface area contributed by atoms with Crippen LogP contribution in [0.3, 0.4) is 0 Å². The monoisotopic (exact) mass is 286 g/mol. The summed E-state index contributed by atoms with van der Waals surface area (Å²) in [5, 5.41) is 17.1. The zero-order valence-electron chi connectivity index (χ0n) is 8.43. The second-order valence-electron chi connectivity index (χ2n) is 2.16. The van der Waals surface area contributed by atoms with Gasteiger partial charge in [0.25, 0.3) is 0 Å². The van der Waals surface area contributed by atoms with Crippen LogP contribution >= 0.6 is 0 Å². The van der Waals surface area contributed by atoms with Crippen molar-refractivity contribution < 1.29 is 72.6 Å². The first-order chi connectivity index (χ1) is 5.63. The smallest absolute Gasteiger partial charge is 1.00 e. The van der Waals surface area contributed by atoms with E-state index in [4.69, 9.17) is 10.2 Å². The van der Waals surface area contributed by atoms with Crippen LogP contribution in [0.25, 0.3) is 0 Å². The van der Waals surface area contributed by atoms with Gasteiger partial charge in [0.1, 0.15) is 0 Å². The molecular weight excluding hydrogens is 278 g/mol. The van der Waals surface area contributed by atoms with Gasteiger partial charge in [0.15, 0.2) is 0 Å². The molecule has 4 nitrogen and oxygen atoms in total. The van der Waals surface area contributed by atoms with Crippen LogP contribution in [0.15, 0.2) is 24.3 Å². The zero-order chi connectivity index (χ0) is 9.14. The predicted octanol–water partition coefficient (Wildman–Crippen LogP) is -2.18. The number of carboxylic acid groups (broad SMARTS) is 2. The maximum Gasteiger partial charge on any atom is 1.00 e. The van der Waals surface area contributed by atoms with Crippen LogP contribution < -0.4 is 51.4 Å². The Morgan fingerprint density at radius 2 is 1.29 bits per heavy atom. The molecule has 0 heterocycles. The molecule has 0 unspecified atom stereocenters. The molecule has 0 saturated carbocycles. The molecule has 0 saturated heterocycles. The normalized spacial score (nSPS) is 8.00. The molecular formula is C8H7KO4Se. The Morgan fingerprint density at radius 3 is 1.50 bits per heavy atom. The number of carboxylic acids is 2. The van der Waals surface area contributed by atoms with Crippen molar-refractivity contribution in [2.75, 3.05) is 0 Å². The summed E-state index contributed by atoms with van der Waals surface area (Å²) in [5.41, 5.74) is -0.380. The van der Waals surface area contributed by atoms with E-state index in [0.29, 0.717) is 0 Å². The van der Waals surface area contributed by atoms with Crippen molar-refractivity contribution >= 4 is 29.0 Å². The minimum atomic E-state index is -1.23. The van der Waals surface area contributed by atoms with E-state index in [2.05, 4.69) is 0 Å². The fourth-order valence-electron chi connectivity index (χ4n) is 0.856. The molecule has 0 aliphatic rings. The first-order valence-electron chi connectivity index (χ1n) is 3.18. The quantitative estimate of drug-likeness (QED) is 0.606. The summed E-state index contributed by atoms with van der Waals surface area (Å²) in [6.45, 7) is 0. The van der Waals surface area contributed by atoms with Gasteiger partial charge in [0.2, 0.25) is 0 Å². The third-order valence-corrected chi connectivity index (χ3v) is 1.39. The number of hydrogen-bond donors (Lipinski definition) is 2. The van der Waals surface area contributed by atoms with Crippen molar-refractivity contribution in [1.82, 2.24) is 0 Å². The maximum atomic E-state index is 10.5. The average molecular weight is 285 g/mol. The molecule has 2 radical (unpaired) electrons. The van der Waals surface area contributed by atoms with Crippen LogP contribution in [0, 0.1) is 0 Å². The Morgan fingerprint density at radius 1 is 1.00 bits per heavy atom. The molecule has 0 aliphatic carbocycles. The summed E-state index contributed by atoms with van der Waals surface area (Å²) in [6.07, 6.45) is 0. The van der Waals surface area contributed by atoms with Gasteiger partial charge in [0, 0.05) is 17.1 Å². The number of carbonyl (C=O) groups is 2. The van der Waals surface area contributed by atoms with Crippen molar-refractivity contribution in [2.45, 2.75) is 0 Å². The van der Waals surface area contributed by atoms with Gasteiger partial charge in [-0.25, -0.2) is 9.59 Å². The summed E-state index contributed by atoms with van der Waals surface area (Å²) in [7, 11) is 0. The van der Waals surface area contributed by atoms with Gasteiger partial charge in [-0.3, -0.25) is 0 Å². The molecule has 0 spiro atoms. The van der Waals surface area contributed by atoms with Crippen LogP contribution in [0.5, 0.6) is 0 Å². The Hall–Kier alpha value is 0.316. The molecule has 1 aromatic carbocycles. The number of rotatable bonds is 2. The average Bonchev–Trinajstić information content (AvgIpc) is 2.04. The predicted molar refractivity (Wildman–Crippen MR) is 47.2 cm³/mol. The number of aromatic carboxylic acids is 2. The molecule has 70 valence electrons. The van der Waals surface area contributed by atoms with Gasteiger partial charge < -0.3 is 11.6 Å². The number of hydrogen-bond acceptors (Lipinski definition) is 2. The third-order valence-electron chi connectivity index (χ3n) is 1.39. The van der Waals surface area contributed by atoms with E-state index >= 15 is 0 Å². The van der Waals surface area contributed by atoms with E-state index in [-0.39, 0.29) is 81.0 Å². The van der Waals surface area contributed by atoms with Gasteiger partial charge in [-0.15, -0.1) is 0 Å². The van der Waals surface area contributed by atoms with Gasteiger partial charge in [0.05, 0.1) is 11.1 Å². The van der Waals surface area contributed by atoms with Crippen molar-refractivity contribution in [3.63, 3.8) is 0 Å². The summed E-state index contributed by atoms with van der Waals surface area (Å²) < 4.78 is 0. The van der Waals surface area contributed by atoms with E-state index in [1.807, 2.05) is 0 Å². The van der Waals surface area contributed by atoms with Gasteiger partial charge in [-0.05, 0) is 12.1 Å². The van der Waals surface area contributed by atoms with Crippen molar-refractivity contribution in [1.29, 1.82) is 0 Å². The summed E-state index contributed by atoms with van der Waals surface area (Å²) in [4.78, 5) is 20.9. The zero-order valence-corrected chi connectivity index (χ0v) is 12.3. The minimum absolute atomic E-state index is 0. The van der Waals surface area contributed by atoms with Crippen LogP contribution in [-0.4, -0.2) is 39.2 Å². The van der Waals surface area contributed by atoms with Crippen molar-refractivity contribution in [3.8, 4) is 0 Å². The van der Waals surface area contributed by atoms with Crippen LogP contribution in [-0.2, 0) is 0 Å². The van der Waals surface area contributed by atoms with E-state index < -0.39 is 11.9 Å². The minimum Gasteiger partial charge on any atom is -1.00 e. The fraction of sp³-hybridized carbons (Fsp3) is 0. The molecule has 0 aromatic heterocycles. The third kappa shape index (κ3) is 4.23. The van der Waals surface area contributed by atoms with Crippen LogP contribution in [0.4, 0.5) is 0 Å². The van der Waals surface area contributed by atoms with E-state index in [0.717, 1.165) is 0 Å². The topological polar surface area (TPSA) is 74.6 Å². The van der Waals surface area contributed by atoms with E-state index in [1.54, 1.807) is 0 Å². The molecule has 1 aromatic rings. The first-order valence-corrected chi connectivity index (χ1v) is 3.18. The Balaban J connectivity index is -0.000000480. The van der Waals surface area contributed by atoms with Crippen molar-refractivity contribution in [3.05, 3.63) is 35.4 Å². The van der Waals surface area contributed by atoms with Gasteiger partial charge in [-0.1, -0.05) is 12.1 Å². The van der Waals surface area contributed by atoms with Gasteiger partial charge in [-0.2, -0.15) is 0 Å². The Bertz CT molecular complexity index is 312. The van der Waals surface area contributed by atoms with Crippen molar-refractivity contribution in [2.24, 2.45) is 0 Å². The Labute approximate surface area is 135 Å². The summed E-state index contributed by atoms with van der Waals surface area (Å²) >= 11 is 0. The molecule has 14 heavy (non-hydrogen) atoms.